The minimum atomic E-state index is -1.07. The summed E-state index contributed by atoms with van der Waals surface area (Å²) in [4.78, 5) is 39.3. The lowest BCUT2D eigenvalue weighted by molar-refractivity contribution is -0.137. The van der Waals surface area contributed by atoms with Crippen LogP contribution in [0.1, 0.15) is 64.4 Å². The number of allylic oxidation sites excluding steroid dienone is 2. The van der Waals surface area contributed by atoms with Crippen molar-refractivity contribution in [2.24, 2.45) is 17.8 Å². The van der Waals surface area contributed by atoms with E-state index >= 15 is 0 Å². The summed E-state index contributed by atoms with van der Waals surface area (Å²) in [6, 6.07) is 5.32. The smallest absolute Gasteiger partial charge is 0.455 e. The first kappa shape index (κ1) is 28.6. The van der Waals surface area contributed by atoms with E-state index in [4.69, 9.17) is 9.39 Å². The summed E-state index contributed by atoms with van der Waals surface area (Å²) >= 11 is 3.46. The first-order valence-corrected chi connectivity index (χ1v) is 14.2. The highest BCUT2D eigenvalue weighted by Gasteiger charge is 2.59. The van der Waals surface area contributed by atoms with Gasteiger partial charge >= 0.3 is 13.2 Å². The number of methoxy groups -OCH3 is 1. The Hall–Kier alpha value is -2.43. The molecule has 1 aromatic carbocycles. The summed E-state index contributed by atoms with van der Waals surface area (Å²) < 4.78 is 11.7. The van der Waals surface area contributed by atoms with Crippen LogP contribution < -0.4 is 0 Å². The Morgan fingerprint density at radius 3 is 2.66 bits per heavy atom. The molecule has 0 spiro atoms. The maximum atomic E-state index is 13.3. The second-order valence-corrected chi connectivity index (χ2v) is 11.3. The number of hydrogen-bond donors (Lipinski definition) is 2. The number of nitrogens with zero attached hydrogens (tertiary/aromatic N) is 1. The van der Waals surface area contributed by atoms with Crippen molar-refractivity contribution in [2.75, 3.05) is 7.11 Å². The molecular weight excluding hydrogens is 553 g/mol. The highest BCUT2D eigenvalue weighted by Crippen LogP contribution is 2.51. The monoisotopic (exact) mass is 587 g/mol. The largest absolute Gasteiger partial charge is 0.507 e. The zero-order valence-corrected chi connectivity index (χ0v) is 23.7. The molecule has 0 bridgehead atoms. The summed E-state index contributed by atoms with van der Waals surface area (Å²) in [5, 5.41) is 21.0. The molecule has 204 valence electrons. The molecule has 0 saturated carbocycles. The van der Waals surface area contributed by atoms with Gasteiger partial charge in [0.2, 0.25) is 11.8 Å². The van der Waals surface area contributed by atoms with Crippen molar-refractivity contribution in [3.63, 3.8) is 0 Å². The maximum absolute atomic E-state index is 13.3. The number of hydrogen-bond acceptors (Lipinski definition) is 7. The van der Waals surface area contributed by atoms with Crippen LogP contribution in [0, 0.1) is 17.8 Å². The topological polar surface area (TPSA) is 113 Å². The molecule has 0 radical (unpaired) electrons. The molecule has 0 unspecified atom stereocenters. The first-order valence-electron chi connectivity index (χ1n) is 13.4. The molecule has 2 saturated heterocycles. The van der Waals surface area contributed by atoms with Gasteiger partial charge in [0.05, 0.1) is 25.0 Å². The molecule has 3 aliphatic rings. The van der Waals surface area contributed by atoms with Crippen molar-refractivity contribution in [2.45, 2.75) is 71.2 Å². The van der Waals surface area contributed by atoms with E-state index in [1.165, 1.54) is 0 Å². The molecule has 2 heterocycles. The number of aromatic hydroxyl groups is 1. The quantitative estimate of drug-likeness (QED) is 0.235. The van der Waals surface area contributed by atoms with Crippen LogP contribution in [0.15, 0.2) is 39.4 Å². The number of carbonyl (C=O) groups is 3. The van der Waals surface area contributed by atoms with E-state index in [9.17, 15) is 24.5 Å². The van der Waals surface area contributed by atoms with Crippen LogP contribution in [0.5, 0.6) is 5.75 Å². The van der Waals surface area contributed by atoms with Gasteiger partial charge in [-0.2, -0.15) is 4.90 Å². The highest BCUT2D eigenvalue weighted by molar-refractivity contribution is 9.10. The minimum Gasteiger partial charge on any atom is -0.507 e. The Morgan fingerprint density at radius 2 is 1.97 bits per heavy atom. The molecule has 4 rings (SSSR count). The number of phenols is 1. The van der Waals surface area contributed by atoms with E-state index in [0.717, 1.165) is 59.5 Å². The standard InChI is InChI=1S/C28H35BBrNO7/c1-4-6-16(12-18-13-19(30)9-10-22(18)32)8-11-23-24-17(7-5-2)14-20-25(21(24)15-29(36)38-23)27(34)31(26(20)33)28(35)37-3/h9-10,12-13,20-21,23,25,32,36H,4-8,11,14-15H2,1-3H3/b16-12+/t20-,21+,23-,25-/m1/s1. The van der Waals surface area contributed by atoms with E-state index in [-0.39, 0.29) is 18.0 Å². The van der Waals surface area contributed by atoms with Crippen molar-refractivity contribution in [3.8, 4) is 5.75 Å². The van der Waals surface area contributed by atoms with Gasteiger partial charge in [-0.15, -0.1) is 0 Å². The fraction of sp³-hybridized carbons (Fsp3) is 0.536. The maximum Gasteiger partial charge on any atom is 0.455 e. The van der Waals surface area contributed by atoms with E-state index < -0.39 is 43.0 Å². The zero-order valence-electron chi connectivity index (χ0n) is 22.1. The molecule has 1 aromatic rings. The normalized spacial score (nSPS) is 25.6. The van der Waals surface area contributed by atoms with Crippen LogP contribution in [0.4, 0.5) is 4.79 Å². The van der Waals surface area contributed by atoms with Gasteiger partial charge in [0.1, 0.15) is 5.75 Å². The summed E-state index contributed by atoms with van der Waals surface area (Å²) in [6.45, 7) is 4.17. The number of rotatable bonds is 8. The van der Waals surface area contributed by atoms with Crippen LogP contribution >= 0.6 is 15.9 Å². The number of ether oxygens (including phenoxy) is 1. The van der Waals surface area contributed by atoms with Crippen molar-refractivity contribution in [3.05, 3.63) is 45.0 Å². The Morgan fingerprint density at radius 1 is 1.21 bits per heavy atom. The lowest BCUT2D eigenvalue weighted by Crippen LogP contribution is -2.46. The van der Waals surface area contributed by atoms with Gasteiger partial charge in [0.25, 0.3) is 0 Å². The van der Waals surface area contributed by atoms with Gasteiger partial charge in [0, 0.05) is 10.0 Å². The third kappa shape index (κ3) is 5.63. The van der Waals surface area contributed by atoms with Gasteiger partial charge in [-0.25, -0.2) is 4.79 Å². The number of fused-ring (bicyclic) bond motifs is 3. The number of likely N-dealkylation sites (tertiary alicyclic amines) is 1. The summed E-state index contributed by atoms with van der Waals surface area (Å²) in [5.74, 6) is -2.56. The van der Waals surface area contributed by atoms with Gasteiger partial charge in [-0.1, -0.05) is 59.8 Å². The summed E-state index contributed by atoms with van der Waals surface area (Å²) in [6.07, 6.45) is 5.94. The Balaban J connectivity index is 1.65. The molecule has 10 heteroatoms. The average molecular weight is 588 g/mol. The molecule has 1 aliphatic carbocycles. The van der Waals surface area contributed by atoms with Gasteiger partial charge < -0.3 is 19.5 Å². The fourth-order valence-electron chi connectivity index (χ4n) is 6.34. The Bertz CT molecular complexity index is 1170. The molecule has 2 fully saturated rings. The van der Waals surface area contributed by atoms with Crippen molar-refractivity contribution in [1.82, 2.24) is 4.90 Å². The van der Waals surface area contributed by atoms with Crippen LogP contribution in [-0.2, 0) is 19.0 Å². The second-order valence-electron chi connectivity index (χ2n) is 10.3. The zero-order chi connectivity index (χ0) is 27.6. The number of phenolic OH excluding ortho intramolecular Hbond substituents is 1. The van der Waals surface area contributed by atoms with Crippen molar-refractivity contribution < 1.29 is 33.9 Å². The van der Waals surface area contributed by atoms with E-state index in [1.54, 1.807) is 12.1 Å². The predicted octanol–water partition coefficient (Wildman–Crippen LogP) is 5.48. The van der Waals surface area contributed by atoms with Gasteiger partial charge in [-0.05, 0) is 68.1 Å². The molecule has 38 heavy (non-hydrogen) atoms. The second kappa shape index (κ2) is 12.2. The first-order chi connectivity index (χ1) is 18.2. The molecule has 0 aromatic heterocycles. The number of halogens is 1. The molecule has 2 aliphatic heterocycles. The van der Waals surface area contributed by atoms with E-state index in [0.29, 0.717) is 24.2 Å². The Kier molecular flexibility index (Phi) is 9.16. The average Bonchev–Trinajstić information content (AvgIpc) is 3.13. The van der Waals surface area contributed by atoms with Gasteiger partial charge in [-0.3, -0.25) is 9.59 Å². The molecular formula is C28H35BBrNO7. The lowest BCUT2D eigenvalue weighted by atomic mass is 9.58. The third-order valence-electron chi connectivity index (χ3n) is 7.86. The third-order valence-corrected chi connectivity index (χ3v) is 8.36. The van der Waals surface area contributed by atoms with Crippen molar-refractivity contribution in [1.29, 1.82) is 0 Å². The van der Waals surface area contributed by atoms with E-state index in [2.05, 4.69) is 29.8 Å². The Labute approximate surface area is 232 Å². The van der Waals surface area contributed by atoms with Crippen molar-refractivity contribution >= 4 is 47.0 Å². The van der Waals surface area contributed by atoms with Crippen LogP contribution in [0.25, 0.3) is 6.08 Å². The molecule has 8 nitrogen and oxygen atoms in total. The lowest BCUT2D eigenvalue weighted by Gasteiger charge is -2.43. The van der Waals surface area contributed by atoms with Gasteiger partial charge in [0.15, 0.2) is 0 Å². The van der Waals surface area contributed by atoms with Crippen LogP contribution in [0.3, 0.4) is 0 Å². The number of imide groups is 3. The van der Waals surface area contributed by atoms with Crippen LogP contribution in [0.2, 0.25) is 6.32 Å². The molecule has 3 amide bonds. The molecule has 2 N–H and O–H groups in total. The summed E-state index contributed by atoms with van der Waals surface area (Å²) in [7, 11) is 0.0822. The number of carbonyl (C=O) groups excluding carboxylic acids is 3. The predicted molar refractivity (Wildman–Crippen MR) is 147 cm³/mol. The summed E-state index contributed by atoms with van der Waals surface area (Å²) in [5.41, 5.74) is 3.98. The van der Waals surface area contributed by atoms with E-state index in [1.807, 2.05) is 12.1 Å². The fourth-order valence-corrected chi connectivity index (χ4v) is 6.72. The number of amides is 3. The number of benzene rings is 1. The minimum absolute atomic E-state index is 0.206. The highest BCUT2D eigenvalue weighted by atomic mass is 79.9. The molecule has 4 atom stereocenters. The SMILES string of the molecule is CCCC1=C2[C@@H](CC/C(=C/c3cc(Br)ccc3O)CCC)OB(O)C[C@@H]2[C@@H]2C(=O)N(C(=O)OC)C(=O)[C@@H]2C1. The van der Waals surface area contributed by atoms with Crippen LogP contribution in [-0.4, -0.2) is 53.3 Å².